The van der Waals surface area contributed by atoms with Crippen molar-refractivity contribution in [3.05, 3.63) is 24.3 Å². The Morgan fingerprint density at radius 1 is 1.36 bits per heavy atom. The van der Waals surface area contributed by atoms with Crippen molar-refractivity contribution >= 4 is 5.69 Å². The zero-order valence-electron chi connectivity index (χ0n) is 8.82. The maximum absolute atomic E-state index is 9.31. The summed E-state index contributed by atoms with van der Waals surface area (Å²) in [4.78, 5) is 0. The Hall–Kier alpha value is -1.22. The molecule has 0 saturated heterocycles. The van der Waals surface area contributed by atoms with Gasteiger partial charge >= 0.3 is 0 Å². The second-order valence-electron chi connectivity index (χ2n) is 3.41. The molecule has 2 N–H and O–H groups in total. The largest absolute Gasteiger partial charge is 0.497 e. The molecule has 0 aliphatic heterocycles. The lowest BCUT2D eigenvalue weighted by atomic mass is 10.2. The van der Waals surface area contributed by atoms with Gasteiger partial charge in [-0.15, -0.1) is 0 Å². The van der Waals surface area contributed by atoms with Crippen molar-refractivity contribution < 1.29 is 9.84 Å². The van der Waals surface area contributed by atoms with Gasteiger partial charge in [0.15, 0.2) is 0 Å². The van der Waals surface area contributed by atoms with Crippen LogP contribution in [-0.2, 0) is 0 Å². The third-order valence-electron chi connectivity index (χ3n) is 2.19. The van der Waals surface area contributed by atoms with Gasteiger partial charge < -0.3 is 15.2 Å². The van der Waals surface area contributed by atoms with Gasteiger partial charge in [-0.3, -0.25) is 0 Å². The Morgan fingerprint density at radius 2 is 2.07 bits per heavy atom. The van der Waals surface area contributed by atoms with Crippen LogP contribution in [0.4, 0.5) is 5.69 Å². The smallest absolute Gasteiger partial charge is 0.120 e. The van der Waals surface area contributed by atoms with Gasteiger partial charge in [-0.2, -0.15) is 0 Å². The SMILES string of the molecule is COc1cccc(NC(C)C(C)O)c1. The fourth-order valence-electron chi connectivity index (χ4n) is 1.10. The molecule has 14 heavy (non-hydrogen) atoms. The van der Waals surface area contributed by atoms with Crippen LogP contribution in [0.25, 0.3) is 0 Å². The Kier molecular flexibility index (Phi) is 3.77. The number of methoxy groups -OCH3 is 1. The van der Waals surface area contributed by atoms with E-state index >= 15 is 0 Å². The average Bonchev–Trinajstić information content (AvgIpc) is 2.18. The van der Waals surface area contributed by atoms with Crippen molar-refractivity contribution in [2.45, 2.75) is 26.0 Å². The maximum Gasteiger partial charge on any atom is 0.120 e. The van der Waals surface area contributed by atoms with Crippen LogP contribution < -0.4 is 10.1 Å². The lowest BCUT2D eigenvalue weighted by molar-refractivity contribution is 0.178. The fraction of sp³-hybridized carbons (Fsp3) is 0.455. The van der Waals surface area contributed by atoms with Crippen LogP contribution >= 0.6 is 0 Å². The second kappa shape index (κ2) is 4.86. The summed E-state index contributed by atoms with van der Waals surface area (Å²) in [5.41, 5.74) is 0.956. The number of hydrogen-bond acceptors (Lipinski definition) is 3. The van der Waals surface area contributed by atoms with Gasteiger partial charge in [0.05, 0.1) is 13.2 Å². The monoisotopic (exact) mass is 195 g/mol. The van der Waals surface area contributed by atoms with Crippen LogP contribution in [0.15, 0.2) is 24.3 Å². The minimum Gasteiger partial charge on any atom is -0.497 e. The summed E-state index contributed by atoms with van der Waals surface area (Å²) >= 11 is 0. The Morgan fingerprint density at radius 3 is 2.64 bits per heavy atom. The molecule has 1 aromatic rings. The van der Waals surface area contributed by atoms with E-state index in [9.17, 15) is 5.11 Å². The molecule has 1 rings (SSSR count). The van der Waals surface area contributed by atoms with E-state index in [4.69, 9.17) is 4.74 Å². The van der Waals surface area contributed by atoms with Gasteiger partial charge in [-0.05, 0) is 26.0 Å². The van der Waals surface area contributed by atoms with Crippen LogP contribution in [0.2, 0.25) is 0 Å². The molecule has 2 atom stereocenters. The molecule has 0 heterocycles. The number of benzene rings is 1. The molecule has 0 bridgehead atoms. The Balaban J connectivity index is 2.66. The highest BCUT2D eigenvalue weighted by molar-refractivity contribution is 5.48. The van der Waals surface area contributed by atoms with Crippen molar-refractivity contribution in [3.8, 4) is 5.75 Å². The van der Waals surface area contributed by atoms with Crippen molar-refractivity contribution in [2.24, 2.45) is 0 Å². The summed E-state index contributed by atoms with van der Waals surface area (Å²) < 4.78 is 5.09. The van der Waals surface area contributed by atoms with Gasteiger partial charge in [0.25, 0.3) is 0 Å². The first-order valence-electron chi connectivity index (χ1n) is 4.72. The van der Waals surface area contributed by atoms with Crippen LogP contribution in [0, 0.1) is 0 Å². The summed E-state index contributed by atoms with van der Waals surface area (Å²) in [6.07, 6.45) is -0.374. The topological polar surface area (TPSA) is 41.5 Å². The van der Waals surface area contributed by atoms with E-state index in [1.165, 1.54) is 0 Å². The molecule has 0 saturated carbocycles. The first-order chi connectivity index (χ1) is 6.63. The van der Waals surface area contributed by atoms with Crippen LogP contribution in [0.1, 0.15) is 13.8 Å². The van der Waals surface area contributed by atoms with E-state index in [0.717, 1.165) is 11.4 Å². The molecule has 0 aliphatic carbocycles. The highest BCUT2D eigenvalue weighted by Crippen LogP contribution is 2.17. The molecular formula is C11H17NO2. The number of aliphatic hydroxyl groups is 1. The quantitative estimate of drug-likeness (QED) is 0.770. The molecule has 0 aromatic heterocycles. The predicted molar refractivity (Wildman–Crippen MR) is 57.8 cm³/mol. The molecule has 0 fully saturated rings. The average molecular weight is 195 g/mol. The highest BCUT2D eigenvalue weighted by Gasteiger charge is 2.07. The summed E-state index contributed by atoms with van der Waals surface area (Å²) in [7, 11) is 1.64. The molecule has 0 amide bonds. The third-order valence-corrected chi connectivity index (χ3v) is 2.19. The summed E-state index contributed by atoms with van der Waals surface area (Å²) in [6.45, 7) is 3.70. The normalized spacial score (nSPS) is 14.6. The molecule has 2 unspecified atom stereocenters. The number of nitrogens with one attached hydrogen (secondary N) is 1. The summed E-state index contributed by atoms with van der Waals surface area (Å²) in [6, 6.07) is 7.68. The standard InChI is InChI=1S/C11H17NO2/c1-8(9(2)13)12-10-5-4-6-11(7-10)14-3/h4-9,12-13H,1-3H3. The van der Waals surface area contributed by atoms with Gasteiger partial charge in [0.2, 0.25) is 0 Å². The number of anilines is 1. The first-order valence-corrected chi connectivity index (χ1v) is 4.72. The Labute approximate surface area is 84.7 Å². The number of hydrogen-bond donors (Lipinski definition) is 2. The molecule has 3 nitrogen and oxygen atoms in total. The molecule has 3 heteroatoms. The fourth-order valence-corrected chi connectivity index (χ4v) is 1.10. The van der Waals surface area contributed by atoms with Gasteiger partial charge in [-0.1, -0.05) is 6.07 Å². The van der Waals surface area contributed by atoms with Crippen LogP contribution in [0.3, 0.4) is 0 Å². The van der Waals surface area contributed by atoms with Crippen LogP contribution in [-0.4, -0.2) is 24.4 Å². The minimum atomic E-state index is -0.374. The van der Waals surface area contributed by atoms with Gasteiger partial charge in [-0.25, -0.2) is 0 Å². The highest BCUT2D eigenvalue weighted by atomic mass is 16.5. The Bertz CT molecular complexity index is 286. The molecular weight excluding hydrogens is 178 g/mol. The van der Waals surface area contributed by atoms with Crippen LogP contribution in [0.5, 0.6) is 5.75 Å². The molecule has 78 valence electrons. The van der Waals surface area contributed by atoms with Gasteiger partial charge in [0.1, 0.15) is 5.75 Å². The molecule has 0 radical (unpaired) electrons. The van der Waals surface area contributed by atoms with Crippen molar-refractivity contribution in [1.29, 1.82) is 0 Å². The maximum atomic E-state index is 9.31. The van der Waals surface area contributed by atoms with E-state index in [1.54, 1.807) is 14.0 Å². The van der Waals surface area contributed by atoms with E-state index in [2.05, 4.69) is 5.32 Å². The molecule has 0 aliphatic rings. The number of aliphatic hydroxyl groups excluding tert-OH is 1. The number of ether oxygens (including phenoxy) is 1. The first kappa shape index (κ1) is 10.9. The van der Waals surface area contributed by atoms with E-state index in [-0.39, 0.29) is 12.1 Å². The van der Waals surface area contributed by atoms with Crippen molar-refractivity contribution in [2.75, 3.05) is 12.4 Å². The predicted octanol–water partition coefficient (Wildman–Crippen LogP) is 1.88. The zero-order chi connectivity index (χ0) is 10.6. The van der Waals surface area contributed by atoms with E-state index in [1.807, 2.05) is 31.2 Å². The summed E-state index contributed by atoms with van der Waals surface area (Å²) in [5, 5.41) is 12.5. The zero-order valence-corrected chi connectivity index (χ0v) is 8.82. The van der Waals surface area contributed by atoms with Crippen molar-refractivity contribution in [1.82, 2.24) is 0 Å². The lowest BCUT2D eigenvalue weighted by Gasteiger charge is -2.18. The molecule has 1 aromatic carbocycles. The second-order valence-corrected chi connectivity index (χ2v) is 3.41. The lowest BCUT2D eigenvalue weighted by Crippen LogP contribution is -2.27. The van der Waals surface area contributed by atoms with Gasteiger partial charge in [0, 0.05) is 17.8 Å². The van der Waals surface area contributed by atoms with E-state index in [0.29, 0.717) is 0 Å². The van der Waals surface area contributed by atoms with Crippen molar-refractivity contribution in [3.63, 3.8) is 0 Å². The minimum absolute atomic E-state index is 0.0297. The molecule has 0 spiro atoms. The summed E-state index contributed by atoms with van der Waals surface area (Å²) in [5.74, 6) is 0.813. The van der Waals surface area contributed by atoms with E-state index < -0.39 is 0 Å². The third kappa shape index (κ3) is 2.92. The number of rotatable bonds is 4.